The van der Waals surface area contributed by atoms with Crippen molar-refractivity contribution < 1.29 is 14.7 Å². The number of aryl methyl sites for hydroxylation is 1. The number of aliphatic carboxylic acids is 1. The third kappa shape index (κ3) is 3.48. The van der Waals surface area contributed by atoms with Gasteiger partial charge in [0.25, 0.3) is 5.91 Å². The van der Waals surface area contributed by atoms with Crippen LogP contribution in [0.25, 0.3) is 5.69 Å². The molecule has 0 spiro atoms. The fraction of sp³-hybridized carbons (Fsp3) is 0.389. The van der Waals surface area contributed by atoms with Crippen LogP contribution in [0.5, 0.6) is 0 Å². The summed E-state index contributed by atoms with van der Waals surface area (Å²) in [6.45, 7) is 3.21. The topological polar surface area (TPSA) is 75.4 Å². The second-order valence-corrected chi connectivity index (χ2v) is 6.29. The Labute approximate surface area is 140 Å². The van der Waals surface area contributed by atoms with Crippen LogP contribution in [0.15, 0.2) is 36.7 Å². The number of rotatable bonds is 4. The van der Waals surface area contributed by atoms with Gasteiger partial charge in [0, 0.05) is 37.5 Å². The lowest BCUT2D eigenvalue weighted by atomic mass is 9.93. The zero-order valence-corrected chi connectivity index (χ0v) is 13.7. The Bertz CT molecular complexity index is 732. The molecule has 2 heterocycles. The van der Waals surface area contributed by atoms with E-state index in [1.807, 2.05) is 42.3 Å². The fourth-order valence-electron chi connectivity index (χ4n) is 3.23. The molecule has 126 valence electrons. The number of benzene rings is 1. The summed E-state index contributed by atoms with van der Waals surface area (Å²) in [6, 6.07) is 7.49. The van der Waals surface area contributed by atoms with E-state index in [1.165, 1.54) is 0 Å². The van der Waals surface area contributed by atoms with Gasteiger partial charge in [-0.3, -0.25) is 9.59 Å². The van der Waals surface area contributed by atoms with Crippen LogP contribution in [0.4, 0.5) is 0 Å². The zero-order valence-electron chi connectivity index (χ0n) is 13.7. The molecule has 1 aromatic carbocycles. The summed E-state index contributed by atoms with van der Waals surface area (Å²) >= 11 is 0. The quantitative estimate of drug-likeness (QED) is 0.936. The van der Waals surface area contributed by atoms with Gasteiger partial charge in [0.1, 0.15) is 0 Å². The van der Waals surface area contributed by atoms with E-state index in [4.69, 9.17) is 5.11 Å². The molecule has 1 fully saturated rings. The van der Waals surface area contributed by atoms with E-state index in [9.17, 15) is 9.59 Å². The van der Waals surface area contributed by atoms with Gasteiger partial charge in [-0.1, -0.05) is 0 Å². The number of likely N-dealkylation sites (tertiary alicyclic amines) is 1. The number of hydrogen-bond donors (Lipinski definition) is 1. The minimum absolute atomic E-state index is 0.0129. The molecule has 2 aromatic rings. The second-order valence-electron chi connectivity index (χ2n) is 6.29. The van der Waals surface area contributed by atoms with Crippen LogP contribution >= 0.6 is 0 Å². The smallest absolute Gasteiger partial charge is 0.303 e. The maximum absolute atomic E-state index is 12.7. The lowest BCUT2D eigenvalue weighted by Crippen LogP contribution is -2.38. The van der Waals surface area contributed by atoms with E-state index in [1.54, 1.807) is 10.9 Å². The lowest BCUT2D eigenvalue weighted by Gasteiger charge is -2.31. The number of carboxylic acids is 1. The molecule has 1 amide bonds. The maximum atomic E-state index is 12.7. The van der Waals surface area contributed by atoms with E-state index in [0.29, 0.717) is 18.7 Å². The standard InChI is InChI=1S/C18H21N3O3/c1-13-11-15(3-4-16(13)21-8-2-7-19-21)18(24)20-9-5-14(6-10-20)12-17(22)23/h2-4,7-8,11,14H,5-6,9-10,12H2,1H3,(H,22,23). The molecule has 0 bridgehead atoms. The first-order valence-electron chi connectivity index (χ1n) is 8.16. The van der Waals surface area contributed by atoms with Crippen LogP contribution in [0.3, 0.4) is 0 Å². The Hall–Kier alpha value is -2.63. The molecule has 1 N–H and O–H groups in total. The first kappa shape index (κ1) is 16.2. The van der Waals surface area contributed by atoms with Crippen LogP contribution in [-0.4, -0.2) is 44.8 Å². The number of carboxylic acid groups (broad SMARTS) is 1. The molecule has 6 heteroatoms. The van der Waals surface area contributed by atoms with Gasteiger partial charge in [-0.15, -0.1) is 0 Å². The highest BCUT2D eigenvalue weighted by Crippen LogP contribution is 2.23. The number of aromatic nitrogens is 2. The largest absolute Gasteiger partial charge is 0.481 e. The third-order valence-electron chi connectivity index (χ3n) is 4.56. The molecule has 0 unspecified atom stereocenters. The third-order valence-corrected chi connectivity index (χ3v) is 4.56. The van der Waals surface area contributed by atoms with Crippen molar-refractivity contribution in [3.8, 4) is 5.69 Å². The Balaban J connectivity index is 1.68. The molecule has 0 aliphatic carbocycles. The van der Waals surface area contributed by atoms with E-state index in [0.717, 1.165) is 24.1 Å². The molecular weight excluding hydrogens is 306 g/mol. The maximum Gasteiger partial charge on any atom is 0.303 e. The van der Waals surface area contributed by atoms with Crippen molar-refractivity contribution in [2.24, 2.45) is 5.92 Å². The highest BCUT2D eigenvalue weighted by atomic mass is 16.4. The van der Waals surface area contributed by atoms with Crippen molar-refractivity contribution in [2.75, 3.05) is 13.1 Å². The summed E-state index contributed by atoms with van der Waals surface area (Å²) in [7, 11) is 0. The van der Waals surface area contributed by atoms with E-state index < -0.39 is 5.97 Å². The highest BCUT2D eigenvalue weighted by molar-refractivity contribution is 5.94. The van der Waals surface area contributed by atoms with Gasteiger partial charge in [0.05, 0.1) is 5.69 Å². The van der Waals surface area contributed by atoms with Crippen molar-refractivity contribution in [1.29, 1.82) is 0 Å². The summed E-state index contributed by atoms with van der Waals surface area (Å²) in [5.41, 5.74) is 2.61. The van der Waals surface area contributed by atoms with Gasteiger partial charge < -0.3 is 10.0 Å². The van der Waals surface area contributed by atoms with E-state index in [2.05, 4.69) is 5.10 Å². The summed E-state index contributed by atoms with van der Waals surface area (Å²) in [4.78, 5) is 25.3. The average Bonchev–Trinajstić information content (AvgIpc) is 3.08. The molecule has 0 saturated carbocycles. The summed E-state index contributed by atoms with van der Waals surface area (Å²) in [5.74, 6) is -0.570. The van der Waals surface area contributed by atoms with Gasteiger partial charge in [-0.2, -0.15) is 5.10 Å². The predicted molar refractivity (Wildman–Crippen MR) is 89.2 cm³/mol. The number of amides is 1. The van der Waals surface area contributed by atoms with Crippen molar-refractivity contribution in [3.05, 3.63) is 47.8 Å². The van der Waals surface area contributed by atoms with Gasteiger partial charge >= 0.3 is 5.97 Å². The number of hydrogen-bond acceptors (Lipinski definition) is 3. The first-order chi connectivity index (χ1) is 11.5. The molecule has 3 rings (SSSR count). The van der Waals surface area contributed by atoms with Crippen LogP contribution in [0.1, 0.15) is 35.2 Å². The van der Waals surface area contributed by atoms with Gasteiger partial charge in [-0.25, -0.2) is 4.68 Å². The molecule has 1 aliphatic rings. The van der Waals surface area contributed by atoms with E-state index in [-0.39, 0.29) is 18.2 Å². The zero-order chi connectivity index (χ0) is 17.1. The molecular formula is C18H21N3O3. The number of carbonyl (C=O) groups is 2. The van der Waals surface area contributed by atoms with Crippen molar-refractivity contribution in [3.63, 3.8) is 0 Å². The SMILES string of the molecule is Cc1cc(C(=O)N2CCC(CC(=O)O)CC2)ccc1-n1cccn1. The normalized spacial score (nSPS) is 15.5. The minimum atomic E-state index is -0.760. The Morgan fingerprint density at radius 1 is 1.29 bits per heavy atom. The van der Waals surface area contributed by atoms with Crippen molar-refractivity contribution in [2.45, 2.75) is 26.2 Å². The van der Waals surface area contributed by atoms with E-state index >= 15 is 0 Å². The number of piperidine rings is 1. The molecule has 1 saturated heterocycles. The molecule has 0 atom stereocenters. The van der Waals surface area contributed by atoms with Crippen LogP contribution in [0.2, 0.25) is 0 Å². The first-order valence-corrected chi connectivity index (χ1v) is 8.16. The number of nitrogens with zero attached hydrogens (tertiary/aromatic N) is 3. The molecule has 1 aliphatic heterocycles. The predicted octanol–water partition coefficient (Wildman–Crippen LogP) is 2.51. The Morgan fingerprint density at radius 2 is 2.04 bits per heavy atom. The summed E-state index contributed by atoms with van der Waals surface area (Å²) < 4.78 is 1.78. The van der Waals surface area contributed by atoms with Gasteiger partial charge in [0.15, 0.2) is 0 Å². The van der Waals surface area contributed by atoms with Crippen LogP contribution < -0.4 is 0 Å². The van der Waals surface area contributed by atoms with Crippen molar-refractivity contribution >= 4 is 11.9 Å². The highest BCUT2D eigenvalue weighted by Gasteiger charge is 2.25. The van der Waals surface area contributed by atoms with Gasteiger partial charge in [0.2, 0.25) is 0 Å². The average molecular weight is 327 g/mol. The van der Waals surface area contributed by atoms with Crippen LogP contribution in [-0.2, 0) is 4.79 Å². The molecule has 0 radical (unpaired) electrons. The molecule has 1 aromatic heterocycles. The Morgan fingerprint density at radius 3 is 2.62 bits per heavy atom. The van der Waals surface area contributed by atoms with Crippen LogP contribution in [0, 0.1) is 12.8 Å². The summed E-state index contributed by atoms with van der Waals surface area (Å²) in [5, 5.41) is 13.1. The molecule has 6 nitrogen and oxygen atoms in total. The summed E-state index contributed by atoms with van der Waals surface area (Å²) in [6.07, 6.45) is 5.29. The minimum Gasteiger partial charge on any atom is -0.481 e. The van der Waals surface area contributed by atoms with Gasteiger partial charge in [-0.05, 0) is 55.5 Å². The number of carbonyl (C=O) groups excluding carboxylic acids is 1. The fourth-order valence-corrected chi connectivity index (χ4v) is 3.23. The molecule has 24 heavy (non-hydrogen) atoms. The monoisotopic (exact) mass is 327 g/mol. The second kappa shape index (κ2) is 6.86. The van der Waals surface area contributed by atoms with Crippen molar-refractivity contribution in [1.82, 2.24) is 14.7 Å². The Kier molecular flexibility index (Phi) is 4.64. The lowest BCUT2D eigenvalue weighted by molar-refractivity contribution is -0.138.